The van der Waals surface area contributed by atoms with Gasteiger partial charge in [0.25, 0.3) is 0 Å². The highest BCUT2D eigenvalue weighted by molar-refractivity contribution is 5.92. The van der Waals surface area contributed by atoms with Crippen molar-refractivity contribution >= 4 is 17.1 Å². The minimum atomic E-state index is -0.682. The number of fused-ring (bicyclic) bond motifs is 6. The molecule has 2 aliphatic carbocycles. The number of rotatable bonds is 14. The van der Waals surface area contributed by atoms with Crippen LogP contribution in [0.15, 0.2) is 273 Å². The van der Waals surface area contributed by atoms with Crippen LogP contribution in [0, 0.1) is 11.8 Å². The van der Waals surface area contributed by atoms with E-state index in [2.05, 4.69) is 326 Å². The smallest absolute Gasteiger partial charge is 0.127 e. The molecule has 2 heteroatoms. The lowest BCUT2D eigenvalue weighted by Gasteiger charge is -2.36. The molecular weight excluding hydrogens is 991 g/mol. The highest BCUT2D eigenvalue weighted by atomic mass is 16.5. The summed E-state index contributed by atoms with van der Waals surface area (Å²) in [5, 5.41) is 0. The zero-order valence-corrected chi connectivity index (χ0v) is 48.3. The van der Waals surface area contributed by atoms with E-state index in [9.17, 15) is 0 Å². The molecule has 0 saturated carbocycles. The number of nitrogens with zero attached hydrogens (tertiary/aromatic N) is 1. The molecule has 2 nitrogen and oxygen atoms in total. The summed E-state index contributed by atoms with van der Waals surface area (Å²) in [5.74, 6) is 3.36. The Kier molecular flexibility index (Phi) is 13.5. The molecule has 11 aromatic carbocycles. The fourth-order valence-electron chi connectivity index (χ4n) is 13.9. The highest BCUT2D eigenvalue weighted by Crippen LogP contribution is 2.60. The van der Waals surface area contributed by atoms with Crippen molar-refractivity contribution in [2.75, 3.05) is 4.90 Å². The summed E-state index contributed by atoms with van der Waals surface area (Å²) < 4.78 is 6.70. The van der Waals surface area contributed by atoms with E-state index in [-0.39, 0.29) is 5.41 Å². The molecule has 0 aromatic heterocycles. The van der Waals surface area contributed by atoms with Gasteiger partial charge in [0.1, 0.15) is 11.5 Å². The lowest BCUT2D eigenvalue weighted by molar-refractivity contribution is 0.407. The van der Waals surface area contributed by atoms with Crippen molar-refractivity contribution in [2.24, 2.45) is 11.8 Å². The number of hydrogen-bond donors (Lipinski definition) is 0. The van der Waals surface area contributed by atoms with Crippen LogP contribution in [0.3, 0.4) is 0 Å². The summed E-state index contributed by atoms with van der Waals surface area (Å²) in [7, 11) is 0. The topological polar surface area (TPSA) is 12.5 Å². The number of benzene rings is 11. The molecule has 0 fully saturated rings. The van der Waals surface area contributed by atoms with Crippen molar-refractivity contribution in [1.29, 1.82) is 0 Å². The van der Waals surface area contributed by atoms with Crippen LogP contribution in [0.25, 0.3) is 33.4 Å². The quantitative estimate of drug-likeness (QED) is 0.108. The largest absolute Gasteiger partial charge is 0.457 e. The Balaban J connectivity index is 1.00. The maximum atomic E-state index is 6.70. The van der Waals surface area contributed by atoms with E-state index in [4.69, 9.17) is 4.74 Å². The minimum Gasteiger partial charge on any atom is -0.457 e. The van der Waals surface area contributed by atoms with Gasteiger partial charge in [0, 0.05) is 17.1 Å². The first-order chi connectivity index (χ1) is 39.9. The standard InChI is InChI=1S/C80H71NO/c1-54(2)51-73(55(3)4)58-33-45-67(46-34-58)82-68-47-39-63(40-48-68)80(62-37-35-59(36-38-62)78(5,6)7)75-30-20-18-28-70(75)72-50-44-66(53-77(72)80)81(64-41-31-57(32-42-64)56-21-11-8-12-22-56)65-43-49-71-69-27-17-19-29-74(69)79(76(71)52-65,60-23-13-9-14-24-60)61-25-15-10-16-26-61/h8-50,52-55,73H,51H2,1-7H3. The third kappa shape index (κ3) is 8.97. The second-order valence-electron chi connectivity index (χ2n) is 24.5. The van der Waals surface area contributed by atoms with Crippen LogP contribution in [-0.2, 0) is 16.2 Å². The first-order valence-corrected chi connectivity index (χ1v) is 29.5. The summed E-state index contributed by atoms with van der Waals surface area (Å²) in [6.07, 6.45) is 1.17. The Morgan fingerprint density at radius 3 is 1.22 bits per heavy atom. The maximum Gasteiger partial charge on any atom is 0.127 e. The monoisotopic (exact) mass is 1060 g/mol. The molecular formula is C80H71NO. The fourth-order valence-corrected chi connectivity index (χ4v) is 13.9. The first-order valence-electron chi connectivity index (χ1n) is 29.5. The first kappa shape index (κ1) is 52.4. The van der Waals surface area contributed by atoms with Crippen LogP contribution in [0.1, 0.15) is 116 Å². The Morgan fingerprint density at radius 1 is 0.366 bits per heavy atom. The minimum absolute atomic E-state index is 0.0158. The Hall–Kier alpha value is -8.98. The van der Waals surface area contributed by atoms with Gasteiger partial charge in [0.15, 0.2) is 0 Å². The van der Waals surface area contributed by atoms with Crippen LogP contribution in [0.5, 0.6) is 11.5 Å². The molecule has 2 atom stereocenters. The van der Waals surface area contributed by atoms with E-state index in [0.29, 0.717) is 17.8 Å². The molecule has 0 N–H and O–H groups in total. The second kappa shape index (κ2) is 21.2. The van der Waals surface area contributed by atoms with Gasteiger partial charge in [-0.25, -0.2) is 0 Å². The molecule has 0 spiro atoms. The van der Waals surface area contributed by atoms with Crippen molar-refractivity contribution in [3.8, 4) is 44.9 Å². The van der Waals surface area contributed by atoms with Crippen molar-refractivity contribution in [3.63, 3.8) is 0 Å². The van der Waals surface area contributed by atoms with Gasteiger partial charge in [0.2, 0.25) is 0 Å². The molecule has 2 unspecified atom stereocenters. The second-order valence-corrected chi connectivity index (χ2v) is 24.5. The van der Waals surface area contributed by atoms with Gasteiger partial charge in [0.05, 0.1) is 10.8 Å². The predicted molar refractivity (Wildman–Crippen MR) is 343 cm³/mol. The van der Waals surface area contributed by atoms with E-state index in [1.165, 1.54) is 95.4 Å². The van der Waals surface area contributed by atoms with Gasteiger partial charge in [-0.05, 0) is 179 Å². The van der Waals surface area contributed by atoms with Crippen molar-refractivity contribution in [2.45, 2.75) is 77.0 Å². The van der Waals surface area contributed by atoms with E-state index in [0.717, 1.165) is 28.6 Å². The van der Waals surface area contributed by atoms with Gasteiger partial charge in [-0.3, -0.25) is 0 Å². The third-order valence-electron chi connectivity index (χ3n) is 17.8. The summed E-state index contributed by atoms with van der Waals surface area (Å²) in [4.78, 5) is 2.49. The van der Waals surface area contributed by atoms with Crippen LogP contribution in [-0.4, -0.2) is 0 Å². The van der Waals surface area contributed by atoms with Gasteiger partial charge in [-0.1, -0.05) is 261 Å². The lowest BCUT2D eigenvalue weighted by atomic mass is 9.67. The average molecular weight is 1060 g/mol. The Bertz CT molecular complexity index is 4000. The van der Waals surface area contributed by atoms with E-state index >= 15 is 0 Å². The Labute approximate surface area is 486 Å². The van der Waals surface area contributed by atoms with Crippen molar-refractivity contribution < 1.29 is 4.74 Å². The highest BCUT2D eigenvalue weighted by Gasteiger charge is 2.48. The summed E-state index contributed by atoms with van der Waals surface area (Å²) in [6, 6.07) is 102. The Morgan fingerprint density at radius 2 is 0.756 bits per heavy atom. The molecule has 11 aromatic rings. The lowest BCUT2D eigenvalue weighted by Crippen LogP contribution is -2.29. The van der Waals surface area contributed by atoms with E-state index in [1.54, 1.807) is 0 Å². The van der Waals surface area contributed by atoms with E-state index in [1.807, 2.05) is 0 Å². The van der Waals surface area contributed by atoms with Gasteiger partial charge >= 0.3 is 0 Å². The van der Waals surface area contributed by atoms with Crippen LogP contribution < -0.4 is 9.64 Å². The molecule has 0 saturated heterocycles. The normalized spacial score (nSPS) is 15.1. The zero-order valence-electron chi connectivity index (χ0n) is 48.3. The van der Waals surface area contributed by atoms with Crippen LogP contribution in [0.4, 0.5) is 17.1 Å². The summed E-state index contributed by atoms with van der Waals surface area (Å²) in [5.41, 5.74) is 21.9. The molecule has 2 aliphatic rings. The third-order valence-corrected chi connectivity index (χ3v) is 17.8. The molecule has 0 amide bonds. The van der Waals surface area contributed by atoms with Gasteiger partial charge in [-0.2, -0.15) is 0 Å². The predicted octanol–water partition coefficient (Wildman–Crippen LogP) is 21.4. The number of hydrogen-bond acceptors (Lipinski definition) is 2. The van der Waals surface area contributed by atoms with E-state index < -0.39 is 10.8 Å². The molecule has 0 bridgehead atoms. The average Bonchev–Trinajstić information content (AvgIpc) is 2.51. The van der Waals surface area contributed by atoms with Crippen LogP contribution in [0.2, 0.25) is 0 Å². The number of anilines is 3. The maximum absolute atomic E-state index is 6.70. The fraction of sp³-hybridized carbons (Fsp3) is 0.175. The van der Waals surface area contributed by atoms with Gasteiger partial charge in [-0.15, -0.1) is 0 Å². The van der Waals surface area contributed by atoms with Gasteiger partial charge < -0.3 is 9.64 Å². The van der Waals surface area contributed by atoms with Crippen LogP contribution >= 0.6 is 0 Å². The van der Waals surface area contributed by atoms with Crippen molar-refractivity contribution in [1.82, 2.24) is 0 Å². The molecule has 0 radical (unpaired) electrons. The molecule has 0 aliphatic heterocycles. The SMILES string of the molecule is CC(C)CC(c1ccc(Oc2ccc(C3(c4ccc(C(C)(C)C)cc4)c4ccccc4-c4ccc(N(c5ccc(-c6ccccc6)cc5)c5ccc6c(c5)C(c5ccccc5)(c5ccccc5)c5ccccc5-6)cc43)cc2)cc1)C(C)C. The number of ether oxygens (including phenoxy) is 1. The summed E-state index contributed by atoms with van der Waals surface area (Å²) >= 11 is 0. The molecule has 402 valence electrons. The zero-order chi connectivity index (χ0) is 56.2. The molecule has 0 heterocycles. The molecule has 13 rings (SSSR count). The van der Waals surface area contributed by atoms with Crippen molar-refractivity contribution in [3.05, 3.63) is 329 Å². The summed E-state index contributed by atoms with van der Waals surface area (Å²) in [6.45, 7) is 16.2. The molecule has 82 heavy (non-hydrogen) atoms.